The van der Waals surface area contributed by atoms with Crippen LogP contribution in [0.15, 0.2) is 6.07 Å². The van der Waals surface area contributed by atoms with Gasteiger partial charge < -0.3 is 10.2 Å². The molecule has 6 heteroatoms. The molecule has 1 amide bonds. The summed E-state index contributed by atoms with van der Waals surface area (Å²) >= 11 is 0. The molecule has 25 heavy (non-hydrogen) atoms. The van der Waals surface area contributed by atoms with Crippen molar-refractivity contribution in [2.24, 2.45) is 5.41 Å². The Bertz CT molecular complexity index is 761. The van der Waals surface area contributed by atoms with E-state index in [2.05, 4.69) is 48.2 Å². The fraction of sp³-hybridized carbons (Fsp3) is 0.632. The number of hydrogen-bond acceptors (Lipinski definition) is 4. The Hall–Kier alpha value is -1.95. The quantitative estimate of drug-likeness (QED) is 0.836. The van der Waals surface area contributed by atoms with Crippen molar-refractivity contribution >= 4 is 11.6 Å². The summed E-state index contributed by atoms with van der Waals surface area (Å²) in [6.07, 6.45) is 1.15. The number of fused-ring (bicyclic) bond motifs is 1. The lowest BCUT2D eigenvalue weighted by atomic mass is 9.93. The van der Waals surface area contributed by atoms with Gasteiger partial charge in [-0.1, -0.05) is 13.8 Å². The van der Waals surface area contributed by atoms with Gasteiger partial charge in [0.05, 0.1) is 5.69 Å². The van der Waals surface area contributed by atoms with Crippen LogP contribution in [0.1, 0.15) is 42.9 Å². The normalized spacial score (nSPS) is 12.2. The predicted octanol–water partition coefficient (Wildman–Crippen LogP) is 2.29. The minimum atomic E-state index is 0.0536. The summed E-state index contributed by atoms with van der Waals surface area (Å²) in [5, 5.41) is 7.56. The first-order valence-corrected chi connectivity index (χ1v) is 8.83. The van der Waals surface area contributed by atoms with E-state index in [0.717, 1.165) is 34.8 Å². The first-order valence-electron chi connectivity index (χ1n) is 8.83. The van der Waals surface area contributed by atoms with Gasteiger partial charge >= 0.3 is 0 Å². The zero-order valence-electron chi connectivity index (χ0n) is 16.6. The van der Waals surface area contributed by atoms with Crippen LogP contribution in [0.4, 0.5) is 0 Å². The molecule has 2 rings (SSSR count). The van der Waals surface area contributed by atoms with Crippen molar-refractivity contribution in [2.75, 3.05) is 27.2 Å². The second kappa shape index (κ2) is 7.52. The molecule has 0 bridgehead atoms. The van der Waals surface area contributed by atoms with Crippen molar-refractivity contribution < 1.29 is 4.79 Å². The molecule has 2 aromatic heterocycles. The van der Waals surface area contributed by atoms with E-state index in [1.54, 1.807) is 0 Å². The molecule has 6 nitrogen and oxygen atoms in total. The molecule has 0 radical (unpaired) electrons. The molecule has 0 atom stereocenters. The Morgan fingerprint density at radius 1 is 1.28 bits per heavy atom. The Labute approximate surface area is 150 Å². The highest BCUT2D eigenvalue weighted by atomic mass is 16.1. The van der Waals surface area contributed by atoms with Gasteiger partial charge in [-0.05, 0) is 52.3 Å². The Balaban J connectivity index is 1.99. The maximum absolute atomic E-state index is 12.3. The Kier molecular flexibility index (Phi) is 5.83. The molecular weight excluding hydrogens is 314 g/mol. The van der Waals surface area contributed by atoms with E-state index in [-0.39, 0.29) is 11.3 Å². The first kappa shape index (κ1) is 19.4. The van der Waals surface area contributed by atoms with E-state index in [1.165, 1.54) is 0 Å². The molecule has 2 heterocycles. The minimum Gasteiger partial charge on any atom is -0.356 e. The smallest absolute Gasteiger partial charge is 0.220 e. The largest absolute Gasteiger partial charge is 0.356 e. The average Bonchev–Trinajstić information content (AvgIpc) is 2.84. The van der Waals surface area contributed by atoms with Gasteiger partial charge in [0.15, 0.2) is 5.65 Å². The third kappa shape index (κ3) is 5.01. The van der Waals surface area contributed by atoms with Gasteiger partial charge in [-0.15, -0.1) is 0 Å². The number of carbonyl (C=O) groups is 1. The van der Waals surface area contributed by atoms with Crippen LogP contribution in [0.5, 0.6) is 0 Å². The molecule has 0 spiro atoms. The zero-order valence-corrected chi connectivity index (χ0v) is 16.6. The molecule has 0 aliphatic rings. The number of rotatable bonds is 7. The van der Waals surface area contributed by atoms with Crippen molar-refractivity contribution in [3.63, 3.8) is 0 Å². The van der Waals surface area contributed by atoms with Crippen LogP contribution in [0.25, 0.3) is 5.65 Å². The lowest BCUT2D eigenvalue weighted by molar-refractivity contribution is -0.121. The number of aromatic nitrogens is 3. The molecule has 0 aliphatic heterocycles. The summed E-state index contributed by atoms with van der Waals surface area (Å²) in [5.41, 5.74) is 5.03. The van der Waals surface area contributed by atoms with Crippen LogP contribution in [0, 0.1) is 26.2 Å². The van der Waals surface area contributed by atoms with Crippen molar-refractivity contribution in [3.8, 4) is 0 Å². The highest BCUT2D eigenvalue weighted by Gasteiger charge is 2.20. The number of hydrogen-bond donors (Lipinski definition) is 1. The third-order valence-corrected chi connectivity index (χ3v) is 4.40. The molecule has 0 saturated carbocycles. The van der Waals surface area contributed by atoms with Gasteiger partial charge in [0.25, 0.3) is 0 Å². The summed E-state index contributed by atoms with van der Waals surface area (Å²) in [6, 6.07) is 1.98. The van der Waals surface area contributed by atoms with Gasteiger partial charge in [0.1, 0.15) is 0 Å². The number of amides is 1. The van der Waals surface area contributed by atoms with Crippen molar-refractivity contribution in [2.45, 2.75) is 47.5 Å². The van der Waals surface area contributed by atoms with Gasteiger partial charge in [-0.25, -0.2) is 9.50 Å². The first-order chi connectivity index (χ1) is 11.6. The number of aryl methyl sites for hydroxylation is 3. The molecule has 0 unspecified atom stereocenters. The number of carbonyl (C=O) groups excluding carboxylic acids is 1. The molecule has 0 aromatic carbocycles. The maximum atomic E-state index is 12.3. The molecule has 1 N–H and O–H groups in total. The van der Waals surface area contributed by atoms with Crippen LogP contribution in [0.2, 0.25) is 0 Å². The topological polar surface area (TPSA) is 62.5 Å². The van der Waals surface area contributed by atoms with E-state index < -0.39 is 0 Å². The van der Waals surface area contributed by atoms with Crippen LogP contribution in [0.3, 0.4) is 0 Å². The lowest BCUT2D eigenvalue weighted by Gasteiger charge is -2.28. The van der Waals surface area contributed by atoms with E-state index in [1.807, 2.05) is 31.4 Å². The van der Waals surface area contributed by atoms with Gasteiger partial charge in [0, 0.05) is 37.0 Å². The Morgan fingerprint density at radius 2 is 1.96 bits per heavy atom. The van der Waals surface area contributed by atoms with Crippen molar-refractivity contribution in [3.05, 3.63) is 28.7 Å². The van der Waals surface area contributed by atoms with Gasteiger partial charge in [-0.3, -0.25) is 4.79 Å². The molecule has 0 fully saturated rings. The van der Waals surface area contributed by atoms with E-state index in [9.17, 15) is 4.79 Å². The summed E-state index contributed by atoms with van der Waals surface area (Å²) < 4.78 is 1.87. The molecule has 0 saturated heterocycles. The van der Waals surface area contributed by atoms with Crippen molar-refractivity contribution in [1.82, 2.24) is 24.8 Å². The lowest BCUT2D eigenvalue weighted by Crippen LogP contribution is -2.40. The minimum absolute atomic E-state index is 0.0536. The third-order valence-electron chi connectivity index (χ3n) is 4.40. The van der Waals surface area contributed by atoms with Gasteiger partial charge in [-0.2, -0.15) is 5.10 Å². The summed E-state index contributed by atoms with van der Waals surface area (Å²) in [7, 11) is 4.10. The van der Waals surface area contributed by atoms with Crippen molar-refractivity contribution in [1.29, 1.82) is 0 Å². The maximum Gasteiger partial charge on any atom is 0.220 e. The molecular formula is C19H31N5O. The van der Waals surface area contributed by atoms with E-state index in [0.29, 0.717) is 19.4 Å². The fourth-order valence-corrected chi connectivity index (χ4v) is 3.38. The van der Waals surface area contributed by atoms with E-state index in [4.69, 9.17) is 0 Å². The van der Waals surface area contributed by atoms with E-state index >= 15 is 0 Å². The average molecular weight is 345 g/mol. The fourth-order valence-electron chi connectivity index (χ4n) is 3.38. The Morgan fingerprint density at radius 3 is 2.60 bits per heavy atom. The van der Waals surface area contributed by atoms with Crippen LogP contribution < -0.4 is 5.32 Å². The van der Waals surface area contributed by atoms with Crippen LogP contribution in [-0.2, 0) is 11.2 Å². The summed E-state index contributed by atoms with van der Waals surface area (Å²) in [4.78, 5) is 19.0. The van der Waals surface area contributed by atoms with Crippen LogP contribution in [-0.4, -0.2) is 52.6 Å². The summed E-state index contributed by atoms with van der Waals surface area (Å²) in [6.45, 7) is 12.0. The predicted molar refractivity (Wildman–Crippen MR) is 101 cm³/mol. The molecule has 2 aromatic rings. The second-order valence-electron chi connectivity index (χ2n) is 8.00. The number of nitrogens with one attached hydrogen (secondary N) is 1. The van der Waals surface area contributed by atoms with Crippen LogP contribution >= 0.6 is 0 Å². The highest BCUT2D eigenvalue weighted by molar-refractivity contribution is 5.76. The van der Waals surface area contributed by atoms with Gasteiger partial charge in [0.2, 0.25) is 5.91 Å². The summed E-state index contributed by atoms with van der Waals surface area (Å²) in [5.74, 6) is 0.0855. The number of nitrogens with zero attached hydrogens (tertiary/aromatic N) is 4. The molecule has 0 aliphatic carbocycles. The SMILES string of the molecule is Cc1cc2nc(C)c(CCC(=O)NCC(C)(C)CN(C)C)c(C)n2n1. The standard InChI is InChI=1S/C19H31N5O/c1-13-10-17-21-14(2)16(15(3)24(17)22-13)8-9-18(25)20-11-19(4,5)12-23(6)7/h10H,8-9,11-12H2,1-7H3,(H,20,25). The monoisotopic (exact) mass is 345 g/mol. The second-order valence-corrected chi connectivity index (χ2v) is 8.00. The molecule has 138 valence electrons. The highest BCUT2D eigenvalue weighted by Crippen LogP contribution is 2.17. The zero-order chi connectivity index (χ0) is 18.8.